The first kappa shape index (κ1) is 14.7. The van der Waals surface area contributed by atoms with Gasteiger partial charge in [-0.2, -0.15) is 0 Å². The molecule has 2 heterocycles. The first-order valence-electron chi connectivity index (χ1n) is 6.31. The summed E-state index contributed by atoms with van der Waals surface area (Å²) in [5.74, 6) is -0.256. The van der Waals surface area contributed by atoms with E-state index in [9.17, 15) is 9.18 Å². The number of nitrogens with one attached hydrogen (secondary N) is 1. The summed E-state index contributed by atoms with van der Waals surface area (Å²) in [7, 11) is 0. The summed E-state index contributed by atoms with van der Waals surface area (Å²) in [6, 6.07) is 9.49. The molecular weight excluding hydrogens is 323 g/mol. The highest BCUT2D eigenvalue weighted by atomic mass is 32.2. The molecule has 0 unspecified atom stereocenters. The number of hydrogen-bond donors (Lipinski definition) is 2. The molecular formula is C14H11FN4OS2. The number of amides is 1. The van der Waals surface area contributed by atoms with Crippen LogP contribution in [0.2, 0.25) is 0 Å². The molecule has 0 radical (unpaired) electrons. The number of primary amides is 1. The minimum absolute atomic E-state index is 0.366. The molecule has 0 aliphatic rings. The Morgan fingerprint density at radius 1 is 1.32 bits per heavy atom. The average Bonchev–Trinajstić information content (AvgIpc) is 3.17. The number of carbonyl (C=O) groups excluding carboxylic acids is 1. The van der Waals surface area contributed by atoms with E-state index >= 15 is 0 Å². The standard InChI is InChI=1S/C14H11FN4OS2/c15-9-5-3-8(4-6-9)11(12(16)20)22-14-17-13(18-19-14)10-2-1-7-21-10/h1-7,11H,(H2,16,20)(H,17,18,19)/t11-/m1/s1. The molecule has 112 valence electrons. The molecule has 5 nitrogen and oxygen atoms in total. The Labute approximate surface area is 133 Å². The van der Waals surface area contributed by atoms with Crippen molar-refractivity contribution in [1.29, 1.82) is 0 Å². The zero-order valence-electron chi connectivity index (χ0n) is 11.2. The van der Waals surface area contributed by atoms with Gasteiger partial charge in [0.15, 0.2) is 5.82 Å². The van der Waals surface area contributed by atoms with Crippen LogP contribution >= 0.6 is 23.1 Å². The van der Waals surface area contributed by atoms with Gasteiger partial charge in [-0.3, -0.25) is 9.89 Å². The predicted molar refractivity (Wildman–Crippen MR) is 83.9 cm³/mol. The Hall–Kier alpha value is -2.19. The van der Waals surface area contributed by atoms with Crippen molar-refractivity contribution in [2.75, 3.05) is 0 Å². The van der Waals surface area contributed by atoms with Crippen LogP contribution in [0.15, 0.2) is 46.9 Å². The minimum Gasteiger partial charge on any atom is -0.368 e. The van der Waals surface area contributed by atoms with Crippen LogP contribution in [0.1, 0.15) is 10.8 Å². The molecule has 1 aromatic carbocycles. The van der Waals surface area contributed by atoms with E-state index in [1.54, 1.807) is 0 Å². The van der Waals surface area contributed by atoms with Crippen molar-refractivity contribution in [2.24, 2.45) is 5.73 Å². The molecule has 8 heteroatoms. The number of benzene rings is 1. The lowest BCUT2D eigenvalue weighted by Crippen LogP contribution is -2.19. The first-order valence-corrected chi connectivity index (χ1v) is 8.07. The topological polar surface area (TPSA) is 84.7 Å². The SMILES string of the molecule is NC(=O)[C@H](Sc1n[nH]c(-c2cccs2)n1)c1ccc(F)cc1. The molecule has 22 heavy (non-hydrogen) atoms. The lowest BCUT2D eigenvalue weighted by atomic mass is 10.1. The summed E-state index contributed by atoms with van der Waals surface area (Å²) in [5.41, 5.74) is 6.05. The highest BCUT2D eigenvalue weighted by molar-refractivity contribution is 8.00. The third-order valence-corrected chi connectivity index (χ3v) is 4.88. The number of nitrogens with two attached hydrogens (primary N) is 1. The summed E-state index contributed by atoms with van der Waals surface area (Å²) in [5, 5.41) is 8.60. The van der Waals surface area contributed by atoms with Gasteiger partial charge in [0, 0.05) is 0 Å². The van der Waals surface area contributed by atoms with Crippen LogP contribution in [0.3, 0.4) is 0 Å². The van der Waals surface area contributed by atoms with E-state index in [1.807, 2.05) is 17.5 Å². The molecule has 3 rings (SSSR count). The molecule has 0 spiro atoms. The van der Waals surface area contributed by atoms with Gasteiger partial charge in [0.1, 0.15) is 11.1 Å². The molecule has 0 bridgehead atoms. The molecule has 0 fully saturated rings. The van der Waals surface area contributed by atoms with E-state index in [0.717, 1.165) is 16.6 Å². The molecule has 3 aromatic rings. The van der Waals surface area contributed by atoms with E-state index in [0.29, 0.717) is 16.5 Å². The molecule has 0 saturated carbocycles. The summed E-state index contributed by atoms with van der Waals surface area (Å²) in [4.78, 5) is 17.0. The number of halogens is 1. The number of aromatic nitrogens is 3. The second-order valence-electron chi connectivity index (χ2n) is 4.40. The zero-order chi connectivity index (χ0) is 15.5. The van der Waals surface area contributed by atoms with Gasteiger partial charge in [-0.05, 0) is 29.1 Å². The highest BCUT2D eigenvalue weighted by Gasteiger charge is 2.22. The second-order valence-corrected chi connectivity index (χ2v) is 6.42. The van der Waals surface area contributed by atoms with Crippen molar-refractivity contribution in [3.8, 4) is 10.7 Å². The maximum Gasteiger partial charge on any atom is 0.235 e. The minimum atomic E-state index is -0.674. The van der Waals surface area contributed by atoms with Crippen molar-refractivity contribution < 1.29 is 9.18 Å². The van der Waals surface area contributed by atoms with Gasteiger partial charge in [0.25, 0.3) is 0 Å². The third-order valence-electron chi connectivity index (χ3n) is 2.87. The fourth-order valence-electron chi connectivity index (χ4n) is 1.86. The van der Waals surface area contributed by atoms with E-state index in [4.69, 9.17) is 5.73 Å². The number of thiophene rings is 1. The van der Waals surface area contributed by atoms with Crippen molar-refractivity contribution in [3.05, 3.63) is 53.2 Å². The van der Waals surface area contributed by atoms with Gasteiger partial charge in [-0.1, -0.05) is 30.0 Å². The number of carbonyl (C=O) groups is 1. The highest BCUT2D eigenvalue weighted by Crippen LogP contribution is 2.34. The smallest absolute Gasteiger partial charge is 0.235 e. The number of H-pyrrole nitrogens is 1. The predicted octanol–water partition coefficient (Wildman–Crippen LogP) is 2.99. The zero-order valence-corrected chi connectivity index (χ0v) is 12.8. The van der Waals surface area contributed by atoms with E-state index < -0.39 is 11.2 Å². The summed E-state index contributed by atoms with van der Waals surface area (Å²) >= 11 is 2.66. The number of rotatable bonds is 5. The van der Waals surface area contributed by atoms with Crippen molar-refractivity contribution in [2.45, 2.75) is 10.4 Å². The largest absolute Gasteiger partial charge is 0.368 e. The molecule has 1 amide bonds. The van der Waals surface area contributed by atoms with Crippen LogP contribution in [0.25, 0.3) is 10.7 Å². The van der Waals surface area contributed by atoms with Crippen LogP contribution in [-0.4, -0.2) is 21.1 Å². The van der Waals surface area contributed by atoms with Gasteiger partial charge in [-0.25, -0.2) is 9.37 Å². The van der Waals surface area contributed by atoms with Crippen molar-refractivity contribution >= 4 is 29.0 Å². The number of nitrogens with zero attached hydrogens (tertiary/aromatic N) is 2. The molecule has 2 aromatic heterocycles. The van der Waals surface area contributed by atoms with Crippen molar-refractivity contribution in [3.63, 3.8) is 0 Å². The second kappa shape index (κ2) is 6.29. The van der Waals surface area contributed by atoms with Crippen LogP contribution in [0, 0.1) is 5.82 Å². The number of thioether (sulfide) groups is 1. The molecule has 1 atom stereocenters. The Balaban J connectivity index is 1.82. The van der Waals surface area contributed by atoms with E-state index in [1.165, 1.54) is 35.6 Å². The number of hydrogen-bond acceptors (Lipinski definition) is 5. The van der Waals surface area contributed by atoms with Gasteiger partial charge in [0.2, 0.25) is 11.1 Å². The van der Waals surface area contributed by atoms with Gasteiger partial charge in [-0.15, -0.1) is 16.4 Å². The van der Waals surface area contributed by atoms with Crippen molar-refractivity contribution in [1.82, 2.24) is 15.2 Å². The Bertz CT molecular complexity index is 771. The maximum absolute atomic E-state index is 13.0. The van der Waals surface area contributed by atoms with Crippen LogP contribution < -0.4 is 5.73 Å². The fourth-order valence-corrected chi connectivity index (χ4v) is 3.38. The Morgan fingerprint density at radius 2 is 2.09 bits per heavy atom. The summed E-state index contributed by atoms with van der Waals surface area (Å²) < 4.78 is 13.0. The van der Waals surface area contributed by atoms with Crippen LogP contribution in [0.5, 0.6) is 0 Å². The van der Waals surface area contributed by atoms with Gasteiger partial charge >= 0.3 is 0 Å². The normalized spacial score (nSPS) is 12.2. The maximum atomic E-state index is 13.0. The lowest BCUT2D eigenvalue weighted by molar-refractivity contribution is -0.117. The Kier molecular flexibility index (Phi) is 4.21. The van der Waals surface area contributed by atoms with Crippen LogP contribution in [-0.2, 0) is 4.79 Å². The summed E-state index contributed by atoms with van der Waals surface area (Å²) in [6.45, 7) is 0. The Morgan fingerprint density at radius 3 is 2.73 bits per heavy atom. The quantitative estimate of drug-likeness (QED) is 0.703. The van der Waals surface area contributed by atoms with Gasteiger partial charge in [0.05, 0.1) is 4.88 Å². The van der Waals surface area contributed by atoms with E-state index in [2.05, 4.69) is 15.2 Å². The van der Waals surface area contributed by atoms with E-state index in [-0.39, 0.29) is 5.82 Å². The molecule has 0 aliphatic carbocycles. The number of aromatic amines is 1. The summed E-state index contributed by atoms with van der Waals surface area (Å²) in [6.07, 6.45) is 0. The molecule has 0 saturated heterocycles. The monoisotopic (exact) mass is 334 g/mol. The molecule has 0 aliphatic heterocycles. The molecule has 3 N–H and O–H groups in total. The fraction of sp³-hybridized carbons (Fsp3) is 0.0714. The van der Waals surface area contributed by atoms with Gasteiger partial charge < -0.3 is 5.73 Å². The van der Waals surface area contributed by atoms with Crippen LogP contribution in [0.4, 0.5) is 4.39 Å². The lowest BCUT2D eigenvalue weighted by Gasteiger charge is -2.10. The average molecular weight is 334 g/mol. The first-order chi connectivity index (χ1) is 10.6. The third kappa shape index (κ3) is 3.18.